The molecule has 0 saturated carbocycles. The highest BCUT2D eigenvalue weighted by Crippen LogP contribution is 2.29. The summed E-state index contributed by atoms with van der Waals surface area (Å²) in [6.07, 6.45) is -0.375. The van der Waals surface area contributed by atoms with E-state index in [1.807, 2.05) is 30.3 Å². The minimum absolute atomic E-state index is 0.0743. The average Bonchev–Trinajstić information content (AvgIpc) is 3.25. The zero-order chi connectivity index (χ0) is 17.1. The van der Waals surface area contributed by atoms with Gasteiger partial charge in [0.25, 0.3) is 0 Å². The first kappa shape index (κ1) is 16.8. The number of ether oxygens (including phenoxy) is 4. The number of nitrogens with one attached hydrogen (secondary N) is 1. The number of carbonyl (C=O) groups is 1. The fourth-order valence-electron chi connectivity index (χ4n) is 3.52. The first-order valence-corrected chi connectivity index (χ1v) is 8.83. The van der Waals surface area contributed by atoms with Gasteiger partial charge in [-0.25, -0.2) is 4.79 Å². The van der Waals surface area contributed by atoms with Crippen molar-refractivity contribution in [3.8, 4) is 0 Å². The van der Waals surface area contributed by atoms with Gasteiger partial charge in [-0.05, 0) is 5.56 Å². The third-order valence-corrected chi connectivity index (χ3v) is 4.92. The quantitative estimate of drug-likeness (QED) is 0.871. The van der Waals surface area contributed by atoms with Crippen molar-refractivity contribution in [1.82, 2.24) is 10.2 Å². The lowest BCUT2D eigenvalue weighted by molar-refractivity contribution is -0.0392. The first-order valence-electron chi connectivity index (χ1n) is 8.83. The Labute approximate surface area is 147 Å². The molecule has 25 heavy (non-hydrogen) atoms. The molecule has 1 aromatic carbocycles. The van der Waals surface area contributed by atoms with Crippen LogP contribution in [-0.4, -0.2) is 74.8 Å². The maximum atomic E-state index is 12.4. The number of urea groups is 1. The Morgan fingerprint density at radius 2 is 1.88 bits per heavy atom. The van der Waals surface area contributed by atoms with E-state index in [0.717, 1.165) is 5.56 Å². The smallest absolute Gasteiger partial charge is 0.317 e. The van der Waals surface area contributed by atoms with Gasteiger partial charge < -0.3 is 29.2 Å². The number of fused-ring (bicyclic) bond motifs is 1. The van der Waals surface area contributed by atoms with Gasteiger partial charge in [0.05, 0.1) is 39.1 Å². The summed E-state index contributed by atoms with van der Waals surface area (Å²) in [6.45, 7) is 3.91. The molecule has 7 heteroatoms. The van der Waals surface area contributed by atoms with Crippen molar-refractivity contribution < 1.29 is 23.7 Å². The summed E-state index contributed by atoms with van der Waals surface area (Å²) in [5.41, 5.74) is 1.13. The number of morpholine rings is 1. The predicted molar refractivity (Wildman–Crippen MR) is 89.2 cm³/mol. The van der Waals surface area contributed by atoms with Crippen molar-refractivity contribution in [3.05, 3.63) is 35.9 Å². The molecule has 1 N–H and O–H groups in total. The number of hydrogen-bond acceptors (Lipinski definition) is 5. The number of rotatable bonds is 4. The van der Waals surface area contributed by atoms with Crippen LogP contribution in [0.3, 0.4) is 0 Å². The lowest BCUT2D eigenvalue weighted by atomic mass is 10.1. The predicted octanol–water partition coefficient (Wildman–Crippen LogP) is 0.780. The van der Waals surface area contributed by atoms with E-state index >= 15 is 0 Å². The second-order valence-electron chi connectivity index (χ2n) is 6.59. The van der Waals surface area contributed by atoms with E-state index in [1.54, 1.807) is 4.90 Å². The molecule has 0 aromatic heterocycles. The van der Waals surface area contributed by atoms with Crippen LogP contribution in [0, 0.1) is 0 Å². The molecule has 136 valence electrons. The number of nitrogens with zero attached hydrogens (tertiary/aromatic N) is 1. The minimum Gasteiger partial charge on any atom is -0.378 e. The summed E-state index contributed by atoms with van der Waals surface area (Å²) in [5.74, 6) is 0. The molecule has 0 radical (unpaired) electrons. The minimum atomic E-state index is -0.147. The topological polar surface area (TPSA) is 69.3 Å². The molecular formula is C18H24N2O5. The van der Waals surface area contributed by atoms with Crippen LogP contribution in [0.4, 0.5) is 4.79 Å². The molecule has 7 nitrogen and oxygen atoms in total. The van der Waals surface area contributed by atoms with Gasteiger partial charge in [0.1, 0.15) is 18.3 Å². The Morgan fingerprint density at radius 3 is 2.68 bits per heavy atom. The lowest BCUT2D eigenvalue weighted by Gasteiger charge is -2.29. The fraction of sp³-hybridized carbons (Fsp3) is 0.611. The summed E-state index contributed by atoms with van der Waals surface area (Å²) < 4.78 is 23.0. The lowest BCUT2D eigenvalue weighted by Crippen LogP contribution is -2.52. The third kappa shape index (κ3) is 3.79. The van der Waals surface area contributed by atoms with Crippen LogP contribution in [0.1, 0.15) is 5.56 Å². The van der Waals surface area contributed by atoms with Crippen molar-refractivity contribution in [2.24, 2.45) is 0 Å². The van der Waals surface area contributed by atoms with Crippen molar-refractivity contribution in [1.29, 1.82) is 0 Å². The molecule has 4 unspecified atom stereocenters. The second kappa shape index (κ2) is 7.70. The van der Waals surface area contributed by atoms with Gasteiger partial charge in [0.15, 0.2) is 0 Å². The van der Waals surface area contributed by atoms with Crippen LogP contribution in [0.2, 0.25) is 0 Å². The Bertz CT molecular complexity index is 578. The van der Waals surface area contributed by atoms with E-state index in [2.05, 4.69) is 5.32 Å². The highest BCUT2D eigenvalue weighted by molar-refractivity contribution is 5.74. The largest absolute Gasteiger partial charge is 0.378 e. The van der Waals surface area contributed by atoms with Crippen LogP contribution in [0.5, 0.6) is 0 Å². The van der Waals surface area contributed by atoms with E-state index in [1.165, 1.54) is 0 Å². The molecule has 0 aliphatic carbocycles. The van der Waals surface area contributed by atoms with Gasteiger partial charge in [0.2, 0.25) is 0 Å². The van der Waals surface area contributed by atoms with Gasteiger partial charge in [-0.2, -0.15) is 0 Å². The fourth-order valence-corrected chi connectivity index (χ4v) is 3.52. The maximum Gasteiger partial charge on any atom is 0.317 e. The van der Waals surface area contributed by atoms with Crippen molar-refractivity contribution in [2.75, 3.05) is 39.5 Å². The molecule has 3 heterocycles. The van der Waals surface area contributed by atoms with E-state index in [-0.39, 0.29) is 30.4 Å². The number of benzene rings is 1. The molecule has 4 atom stereocenters. The molecule has 4 rings (SSSR count). The van der Waals surface area contributed by atoms with Crippen molar-refractivity contribution in [2.45, 2.75) is 31.0 Å². The van der Waals surface area contributed by atoms with E-state index < -0.39 is 0 Å². The SMILES string of the molecule is O=C(NC1COC2C(OCc3ccccc3)COC12)N1CCOCC1. The standard InChI is InChI=1S/C18H24N2O5/c21-18(20-6-8-22-9-7-20)19-14-11-24-17-15(12-25-16(14)17)23-10-13-4-2-1-3-5-13/h1-5,14-17H,6-12H2,(H,19,21). The Kier molecular flexibility index (Phi) is 5.17. The van der Waals surface area contributed by atoms with Crippen LogP contribution in [-0.2, 0) is 25.6 Å². The monoisotopic (exact) mass is 348 g/mol. The van der Waals surface area contributed by atoms with Gasteiger partial charge in [-0.3, -0.25) is 0 Å². The normalized spacial score (nSPS) is 31.8. The summed E-state index contributed by atoms with van der Waals surface area (Å²) in [5, 5.41) is 3.04. The summed E-state index contributed by atoms with van der Waals surface area (Å²) in [4.78, 5) is 14.1. The molecule has 3 fully saturated rings. The van der Waals surface area contributed by atoms with E-state index in [9.17, 15) is 4.79 Å². The molecule has 0 spiro atoms. The van der Waals surface area contributed by atoms with Crippen molar-refractivity contribution in [3.63, 3.8) is 0 Å². The van der Waals surface area contributed by atoms with Crippen LogP contribution < -0.4 is 5.32 Å². The van der Waals surface area contributed by atoms with Gasteiger partial charge in [-0.1, -0.05) is 30.3 Å². The zero-order valence-electron chi connectivity index (χ0n) is 14.1. The average molecular weight is 348 g/mol. The van der Waals surface area contributed by atoms with E-state index in [0.29, 0.717) is 46.1 Å². The Morgan fingerprint density at radius 1 is 1.12 bits per heavy atom. The molecule has 2 amide bonds. The Hall–Kier alpha value is -1.67. The van der Waals surface area contributed by atoms with E-state index in [4.69, 9.17) is 18.9 Å². The molecule has 3 aliphatic rings. The molecule has 1 aromatic rings. The first-order chi connectivity index (χ1) is 12.3. The summed E-state index contributed by atoms with van der Waals surface area (Å²) in [6, 6.07) is 9.84. The summed E-state index contributed by atoms with van der Waals surface area (Å²) in [7, 11) is 0. The highest BCUT2D eigenvalue weighted by Gasteiger charge is 2.49. The number of hydrogen-bond donors (Lipinski definition) is 1. The molecular weight excluding hydrogens is 324 g/mol. The van der Waals surface area contributed by atoms with Crippen molar-refractivity contribution >= 4 is 6.03 Å². The molecule has 3 aliphatic heterocycles. The molecule has 0 bridgehead atoms. The maximum absolute atomic E-state index is 12.4. The van der Waals surface area contributed by atoms with Gasteiger partial charge in [0, 0.05) is 13.1 Å². The number of carbonyl (C=O) groups excluding carboxylic acids is 1. The molecule has 3 saturated heterocycles. The van der Waals surface area contributed by atoms with Gasteiger partial charge in [-0.15, -0.1) is 0 Å². The zero-order valence-corrected chi connectivity index (χ0v) is 14.1. The third-order valence-electron chi connectivity index (χ3n) is 4.92. The second-order valence-corrected chi connectivity index (χ2v) is 6.59. The van der Waals surface area contributed by atoms with Crippen LogP contribution in [0.25, 0.3) is 0 Å². The van der Waals surface area contributed by atoms with Crippen LogP contribution in [0.15, 0.2) is 30.3 Å². The number of amides is 2. The summed E-state index contributed by atoms with van der Waals surface area (Å²) >= 11 is 0. The van der Waals surface area contributed by atoms with Crippen LogP contribution >= 0.6 is 0 Å². The highest BCUT2D eigenvalue weighted by atomic mass is 16.6. The van der Waals surface area contributed by atoms with Gasteiger partial charge >= 0.3 is 6.03 Å². The Balaban J connectivity index is 1.28.